The van der Waals surface area contributed by atoms with Crippen LogP contribution in [0.1, 0.15) is 25.3 Å². The summed E-state index contributed by atoms with van der Waals surface area (Å²) in [4.78, 5) is 7.03. The van der Waals surface area contributed by atoms with E-state index in [1.807, 2.05) is 18.2 Å². The van der Waals surface area contributed by atoms with Gasteiger partial charge in [-0.2, -0.15) is 0 Å². The van der Waals surface area contributed by atoms with E-state index in [1.54, 1.807) is 0 Å². The van der Waals surface area contributed by atoms with Crippen LogP contribution in [0, 0.1) is 6.92 Å². The fourth-order valence-electron chi connectivity index (χ4n) is 3.43. The number of nitrogens with one attached hydrogen (secondary N) is 1. The van der Waals surface area contributed by atoms with Crippen molar-refractivity contribution in [1.29, 1.82) is 0 Å². The Morgan fingerprint density at radius 2 is 2.15 bits per heavy atom. The van der Waals surface area contributed by atoms with Crippen LogP contribution in [-0.2, 0) is 9.47 Å². The Balaban J connectivity index is 0.00000261. The number of aryl methyl sites for hydroxylation is 1. The second-order valence-corrected chi connectivity index (χ2v) is 6.81. The van der Waals surface area contributed by atoms with Crippen molar-refractivity contribution in [2.45, 2.75) is 38.9 Å². The number of nitrogens with zero attached hydrogens (tertiary/aromatic N) is 2. The van der Waals surface area contributed by atoms with E-state index in [-0.39, 0.29) is 36.2 Å². The van der Waals surface area contributed by atoms with E-state index in [4.69, 9.17) is 19.2 Å². The van der Waals surface area contributed by atoms with Gasteiger partial charge in [-0.05, 0) is 44.4 Å². The second-order valence-electron chi connectivity index (χ2n) is 6.81. The Morgan fingerprint density at radius 1 is 1.30 bits per heavy atom. The number of guanidine groups is 1. The molecule has 2 aliphatic heterocycles. The lowest BCUT2D eigenvalue weighted by Gasteiger charge is -2.37. The van der Waals surface area contributed by atoms with Crippen LogP contribution < -0.4 is 10.1 Å². The number of rotatable bonds is 6. The smallest absolute Gasteiger partial charge is 0.194 e. The van der Waals surface area contributed by atoms with Crippen molar-refractivity contribution < 1.29 is 14.2 Å². The maximum Gasteiger partial charge on any atom is 0.194 e. The molecule has 0 spiro atoms. The number of hydrogen-bond donors (Lipinski definition) is 1. The highest BCUT2D eigenvalue weighted by atomic mass is 127. The average molecular weight is 489 g/mol. The van der Waals surface area contributed by atoms with Gasteiger partial charge < -0.3 is 24.4 Å². The van der Waals surface area contributed by atoms with E-state index >= 15 is 0 Å². The van der Waals surface area contributed by atoms with Crippen molar-refractivity contribution in [3.05, 3.63) is 29.8 Å². The maximum absolute atomic E-state index is 5.94. The Labute approximate surface area is 179 Å². The minimum atomic E-state index is 0. The summed E-state index contributed by atoms with van der Waals surface area (Å²) in [7, 11) is 0. The van der Waals surface area contributed by atoms with E-state index in [0.29, 0.717) is 19.8 Å². The van der Waals surface area contributed by atoms with Gasteiger partial charge in [0.1, 0.15) is 18.5 Å². The summed E-state index contributed by atoms with van der Waals surface area (Å²) in [6.07, 6.45) is 2.59. The van der Waals surface area contributed by atoms with Gasteiger partial charge in [-0.25, -0.2) is 4.99 Å². The van der Waals surface area contributed by atoms with Crippen LogP contribution >= 0.6 is 24.0 Å². The summed E-state index contributed by atoms with van der Waals surface area (Å²) in [5.41, 5.74) is 1.20. The first-order valence-corrected chi connectivity index (χ1v) is 9.72. The molecule has 2 saturated heterocycles. The number of halogens is 1. The topological polar surface area (TPSA) is 55.3 Å². The van der Waals surface area contributed by atoms with Crippen LogP contribution in [-0.4, -0.2) is 69.1 Å². The fourth-order valence-corrected chi connectivity index (χ4v) is 3.43. The Bertz CT molecular complexity index is 594. The highest BCUT2D eigenvalue weighted by molar-refractivity contribution is 14.0. The molecule has 27 heavy (non-hydrogen) atoms. The first-order valence-electron chi connectivity index (χ1n) is 9.72. The summed E-state index contributed by atoms with van der Waals surface area (Å²) in [6.45, 7) is 9.45. The third-order valence-electron chi connectivity index (χ3n) is 4.72. The molecule has 152 valence electrons. The van der Waals surface area contributed by atoms with Crippen molar-refractivity contribution in [3.63, 3.8) is 0 Å². The highest BCUT2D eigenvalue weighted by Crippen LogP contribution is 2.21. The zero-order chi connectivity index (χ0) is 18.2. The van der Waals surface area contributed by atoms with Crippen LogP contribution in [0.4, 0.5) is 0 Å². The van der Waals surface area contributed by atoms with Crippen LogP contribution in [0.15, 0.2) is 29.3 Å². The molecule has 0 saturated carbocycles. The van der Waals surface area contributed by atoms with Gasteiger partial charge in [-0.1, -0.05) is 12.1 Å². The summed E-state index contributed by atoms with van der Waals surface area (Å²) >= 11 is 0. The molecular formula is C20H32IN3O3. The van der Waals surface area contributed by atoms with Crippen LogP contribution in [0.5, 0.6) is 5.75 Å². The normalized spacial score (nSPS) is 23.0. The summed E-state index contributed by atoms with van der Waals surface area (Å²) in [6, 6.07) is 8.10. The van der Waals surface area contributed by atoms with E-state index in [2.05, 4.69) is 30.1 Å². The van der Waals surface area contributed by atoms with Gasteiger partial charge in [0.15, 0.2) is 5.96 Å². The molecule has 2 atom stereocenters. The molecule has 2 heterocycles. The van der Waals surface area contributed by atoms with Crippen molar-refractivity contribution in [2.24, 2.45) is 4.99 Å². The van der Waals surface area contributed by atoms with Crippen LogP contribution in [0.25, 0.3) is 0 Å². The fraction of sp³-hybridized carbons (Fsp3) is 0.650. The lowest BCUT2D eigenvalue weighted by molar-refractivity contribution is -0.0817. The largest absolute Gasteiger partial charge is 0.492 e. The van der Waals surface area contributed by atoms with Crippen LogP contribution in [0.2, 0.25) is 0 Å². The molecule has 1 aromatic rings. The van der Waals surface area contributed by atoms with Crippen LogP contribution in [0.3, 0.4) is 0 Å². The van der Waals surface area contributed by atoms with Crippen molar-refractivity contribution in [2.75, 3.05) is 46.0 Å². The maximum atomic E-state index is 5.94. The lowest BCUT2D eigenvalue weighted by atomic mass is 10.1. The van der Waals surface area contributed by atoms with Gasteiger partial charge in [-0.15, -0.1) is 24.0 Å². The number of hydrogen-bond acceptors (Lipinski definition) is 4. The van der Waals surface area contributed by atoms with Gasteiger partial charge in [0.2, 0.25) is 0 Å². The third-order valence-corrected chi connectivity index (χ3v) is 4.72. The SMILES string of the molecule is CCNC(=NCCOc1cccc(C)c1)N1CCOC(C2CCCO2)C1.I. The number of aliphatic imine (C=N–C) groups is 1. The molecule has 3 rings (SSSR count). The summed E-state index contributed by atoms with van der Waals surface area (Å²) in [5, 5.41) is 3.40. The predicted molar refractivity (Wildman–Crippen MR) is 118 cm³/mol. The first-order chi connectivity index (χ1) is 12.8. The van der Waals surface area contributed by atoms with Crippen molar-refractivity contribution in [1.82, 2.24) is 10.2 Å². The minimum Gasteiger partial charge on any atom is -0.492 e. The molecule has 0 bridgehead atoms. The highest BCUT2D eigenvalue weighted by Gasteiger charge is 2.32. The Kier molecular flexibility index (Phi) is 9.64. The zero-order valence-corrected chi connectivity index (χ0v) is 18.7. The molecule has 2 unspecified atom stereocenters. The predicted octanol–water partition coefficient (Wildman–Crippen LogP) is 2.84. The van der Waals surface area contributed by atoms with Crippen molar-refractivity contribution in [3.8, 4) is 5.75 Å². The molecule has 1 aromatic carbocycles. The first kappa shape index (κ1) is 22.2. The minimum absolute atomic E-state index is 0. The molecule has 0 radical (unpaired) electrons. The van der Waals surface area contributed by atoms with Crippen molar-refractivity contribution >= 4 is 29.9 Å². The molecule has 6 nitrogen and oxygen atoms in total. The van der Waals surface area contributed by atoms with E-state index in [1.165, 1.54) is 5.56 Å². The van der Waals surface area contributed by atoms with Gasteiger partial charge in [0.05, 0.1) is 19.3 Å². The molecule has 0 amide bonds. The molecule has 0 aromatic heterocycles. The monoisotopic (exact) mass is 489 g/mol. The number of benzene rings is 1. The quantitative estimate of drug-likeness (QED) is 0.288. The molecule has 0 aliphatic carbocycles. The average Bonchev–Trinajstić information content (AvgIpc) is 3.19. The number of morpholine rings is 1. The molecular weight excluding hydrogens is 457 g/mol. The second kappa shape index (κ2) is 11.7. The van der Waals surface area contributed by atoms with E-state index < -0.39 is 0 Å². The number of ether oxygens (including phenoxy) is 3. The Hall–Kier alpha value is -1.06. The van der Waals surface area contributed by atoms with Gasteiger partial charge in [-0.3, -0.25) is 0 Å². The van der Waals surface area contributed by atoms with E-state index in [0.717, 1.165) is 50.8 Å². The lowest BCUT2D eigenvalue weighted by Crippen LogP contribution is -2.53. The molecule has 2 aliphatic rings. The summed E-state index contributed by atoms with van der Waals surface area (Å²) in [5.74, 6) is 1.83. The van der Waals surface area contributed by atoms with Gasteiger partial charge in [0, 0.05) is 26.2 Å². The molecule has 1 N–H and O–H groups in total. The molecule has 7 heteroatoms. The van der Waals surface area contributed by atoms with Gasteiger partial charge >= 0.3 is 0 Å². The third kappa shape index (κ3) is 6.80. The molecule has 2 fully saturated rings. The zero-order valence-electron chi connectivity index (χ0n) is 16.4. The van der Waals surface area contributed by atoms with Gasteiger partial charge in [0.25, 0.3) is 0 Å². The van der Waals surface area contributed by atoms with E-state index in [9.17, 15) is 0 Å². The Morgan fingerprint density at radius 3 is 2.89 bits per heavy atom. The summed E-state index contributed by atoms with van der Waals surface area (Å²) < 4.78 is 17.6. The standard InChI is InChI=1S/C20H31N3O3.HI/c1-3-21-20(22-9-12-24-17-7-4-6-16(2)14-17)23-10-13-26-19(15-23)18-8-5-11-25-18;/h4,6-7,14,18-19H,3,5,8-13,15H2,1-2H3,(H,21,22);1H.